The van der Waals surface area contributed by atoms with Crippen LogP contribution >= 0.6 is 0 Å². The molecule has 1 rings (SSSR count). The molecule has 12 heavy (non-hydrogen) atoms. The number of carbonyl (C=O) groups is 2. The van der Waals surface area contributed by atoms with E-state index in [0.717, 1.165) is 6.42 Å². The molecule has 1 aliphatic rings. The lowest BCUT2D eigenvalue weighted by molar-refractivity contribution is -0.117. The van der Waals surface area contributed by atoms with Crippen molar-refractivity contribution in [1.29, 1.82) is 0 Å². The number of Topliss-reactive ketones (excluding diaryl/α,β-unsaturated/α-hetero) is 1. The van der Waals surface area contributed by atoms with E-state index in [0.29, 0.717) is 19.5 Å². The van der Waals surface area contributed by atoms with Crippen molar-refractivity contribution in [3.8, 4) is 0 Å². The summed E-state index contributed by atoms with van der Waals surface area (Å²) in [6.07, 6.45) is 0.469. The summed E-state index contributed by atoms with van der Waals surface area (Å²) in [6, 6.07) is 0. The van der Waals surface area contributed by atoms with Gasteiger partial charge in [0.15, 0.2) is 0 Å². The Morgan fingerprint density at radius 1 is 1.58 bits per heavy atom. The fourth-order valence-corrected chi connectivity index (χ4v) is 1.58. The van der Waals surface area contributed by atoms with Gasteiger partial charge in [-0.2, -0.15) is 0 Å². The zero-order valence-corrected chi connectivity index (χ0v) is 7.12. The Balaban J connectivity index is 2.35. The second-order valence-corrected chi connectivity index (χ2v) is 3.29. The van der Waals surface area contributed by atoms with E-state index in [1.165, 1.54) is 4.90 Å². The highest BCUT2D eigenvalue weighted by Crippen LogP contribution is 2.19. The van der Waals surface area contributed by atoms with Crippen molar-refractivity contribution in [3.63, 3.8) is 0 Å². The van der Waals surface area contributed by atoms with Crippen LogP contribution in [0.5, 0.6) is 0 Å². The summed E-state index contributed by atoms with van der Waals surface area (Å²) >= 11 is 0. The minimum atomic E-state index is -0.874. The first kappa shape index (κ1) is 9.03. The van der Waals surface area contributed by atoms with E-state index in [1.807, 2.05) is 0 Å². The molecule has 1 saturated heterocycles. The minimum absolute atomic E-state index is 0.146. The van der Waals surface area contributed by atoms with Crippen molar-refractivity contribution in [3.05, 3.63) is 0 Å². The Kier molecular flexibility index (Phi) is 2.68. The molecule has 0 aromatic carbocycles. The van der Waals surface area contributed by atoms with Crippen molar-refractivity contribution >= 4 is 11.9 Å². The Labute approximate surface area is 71.2 Å². The first-order chi connectivity index (χ1) is 5.59. The third-order valence-electron chi connectivity index (χ3n) is 2.13. The summed E-state index contributed by atoms with van der Waals surface area (Å²) < 4.78 is 0. The van der Waals surface area contributed by atoms with Crippen molar-refractivity contribution in [2.45, 2.75) is 19.8 Å². The van der Waals surface area contributed by atoms with Crippen LogP contribution in [0.3, 0.4) is 0 Å². The van der Waals surface area contributed by atoms with Gasteiger partial charge in [-0.25, -0.2) is 4.79 Å². The number of rotatable bonds is 2. The molecule has 0 aromatic heterocycles. The van der Waals surface area contributed by atoms with Crippen LogP contribution in [-0.2, 0) is 4.79 Å². The molecule has 1 N–H and O–H groups in total. The van der Waals surface area contributed by atoms with Gasteiger partial charge in [-0.3, -0.25) is 0 Å². The van der Waals surface area contributed by atoms with Crippen molar-refractivity contribution in [2.24, 2.45) is 5.92 Å². The molecule has 1 atom stereocenters. The lowest BCUT2D eigenvalue weighted by Gasteiger charge is -2.10. The second kappa shape index (κ2) is 3.56. The lowest BCUT2D eigenvalue weighted by Crippen LogP contribution is -2.26. The lowest BCUT2D eigenvalue weighted by atomic mass is 10.0. The molecule has 0 aromatic rings. The Morgan fingerprint density at radius 3 is 2.67 bits per heavy atom. The van der Waals surface area contributed by atoms with Gasteiger partial charge in [0.25, 0.3) is 0 Å². The van der Waals surface area contributed by atoms with E-state index in [-0.39, 0.29) is 11.7 Å². The Bertz CT molecular complexity index is 202. The molecule has 0 radical (unpaired) electrons. The molecule has 0 saturated carbocycles. The monoisotopic (exact) mass is 171 g/mol. The second-order valence-electron chi connectivity index (χ2n) is 3.29. The summed E-state index contributed by atoms with van der Waals surface area (Å²) in [5.74, 6) is 0.394. The summed E-state index contributed by atoms with van der Waals surface area (Å²) in [7, 11) is 0. The van der Waals surface area contributed by atoms with Gasteiger partial charge in [0, 0.05) is 19.5 Å². The average Bonchev–Trinajstić information content (AvgIpc) is 2.34. The largest absolute Gasteiger partial charge is 0.465 e. The molecular formula is C8H13NO3. The van der Waals surface area contributed by atoms with E-state index >= 15 is 0 Å². The molecule has 1 fully saturated rings. The highest BCUT2D eigenvalue weighted by Gasteiger charge is 2.26. The molecule has 4 nitrogen and oxygen atoms in total. The molecule has 0 spiro atoms. The topological polar surface area (TPSA) is 57.6 Å². The number of hydrogen-bond donors (Lipinski definition) is 1. The first-order valence-electron chi connectivity index (χ1n) is 4.07. The van der Waals surface area contributed by atoms with Gasteiger partial charge in [-0.15, -0.1) is 0 Å². The first-order valence-corrected chi connectivity index (χ1v) is 4.07. The fraction of sp³-hybridized carbons (Fsp3) is 0.750. The predicted octanol–water partition coefficient (Wildman–Crippen LogP) is 0.965. The number of ketones is 1. The molecule has 4 heteroatoms. The van der Waals surface area contributed by atoms with Gasteiger partial charge >= 0.3 is 6.09 Å². The zero-order chi connectivity index (χ0) is 9.14. The number of likely N-dealkylation sites (tertiary alicyclic amines) is 1. The van der Waals surface area contributed by atoms with Crippen LogP contribution in [0.1, 0.15) is 19.8 Å². The quantitative estimate of drug-likeness (QED) is 0.673. The van der Waals surface area contributed by atoms with Crippen LogP contribution in [0.4, 0.5) is 4.79 Å². The molecule has 0 aliphatic carbocycles. The molecule has 0 bridgehead atoms. The zero-order valence-electron chi connectivity index (χ0n) is 7.12. The van der Waals surface area contributed by atoms with Crippen molar-refractivity contribution < 1.29 is 14.7 Å². The molecule has 1 aliphatic heterocycles. The average molecular weight is 171 g/mol. The number of carbonyl (C=O) groups excluding carboxylic acids is 1. The Morgan fingerprint density at radius 2 is 2.25 bits per heavy atom. The number of amides is 1. The van der Waals surface area contributed by atoms with Crippen LogP contribution in [0.2, 0.25) is 0 Å². The van der Waals surface area contributed by atoms with Gasteiger partial charge < -0.3 is 14.8 Å². The van der Waals surface area contributed by atoms with Gasteiger partial charge in [0.2, 0.25) is 0 Å². The molecule has 1 heterocycles. The predicted molar refractivity (Wildman–Crippen MR) is 43.0 cm³/mol. The van der Waals surface area contributed by atoms with Crippen LogP contribution in [0.25, 0.3) is 0 Å². The number of carboxylic acid groups (broad SMARTS) is 1. The summed E-state index contributed by atoms with van der Waals surface area (Å²) in [6.45, 7) is 2.64. The third-order valence-corrected chi connectivity index (χ3v) is 2.13. The van der Waals surface area contributed by atoms with Crippen LogP contribution < -0.4 is 0 Å². The maximum atomic E-state index is 10.7. The van der Waals surface area contributed by atoms with Crippen LogP contribution in [0, 0.1) is 5.92 Å². The van der Waals surface area contributed by atoms with Crippen LogP contribution in [0.15, 0.2) is 0 Å². The van der Waals surface area contributed by atoms with E-state index < -0.39 is 6.09 Å². The number of hydrogen-bond acceptors (Lipinski definition) is 2. The normalized spacial score (nSPS) is 22.8. The van der Waals surface area contributed by atoms with Gasteiger partial charge in [0.1, 0.15) is 5.78 Å². The summed E-state index contributed by atoms with van der Waals surface area (Å²) in [5, 5.41) is 8.61. The molecular weight excluding hydrogens is 158 g/mol. The minimum Gasteiger partial charge on any atom is -0.465 e. The van der Waals surface area contributed by atoms with E-state index in [4.69, 9.17) is 5.11 Å². The van der Waals surface area contributed by atoms with Gasteiger partial charge in [0.05, 0.1) is 0 Å². The standard InChI is InChI=1S/C8H13NO3/c1-6(10)4-7-2-3-9(5-7)8(11)12/h7H,2-5H2,1H3,(H,11,12)/t7-/m0/s1. The molecule has 0 unspecified atom stereocenters. The van der Waals surface area contributed by atoms with E-state index in [9.17, 15) is 9.59 Å². The third kappa shape index (κ3) is 2.22. The van der Waals surface area contributed by atoms with Gasteiger partial charge in [-0.05, 0) is 19.3 Å². The smallest absolute Gasteiger partial charge is 0.407 e. The summed E-state index contributed by atoms with van der Waals surface area (Å²) in [4.78, 5) is 22.6. The number of nitrogens with zero attached hydrogens (tertiary/aromatic N) is 1. The Hall–Kier alpha value is -1.06. The van der Waals surface area contributed by atoms with Crippen molar-refractivity contribution in [1.82, 2.24) is 4.90 Å². The molecule has 1 amide bonds. The SMILES string of the molecule is CC(=O)C[C@@H]1CCN(C(=O)O)C1. The highest BCUT2D eigenvalue weighted by atomic mass is 16.4. The van der Waals surface area contributed by atoms with Crippen LogP contribution in [-0.4, -0.2) is 35.0 Å². The van der Waals surface area contributed by atoms with E-state index in [1.54, 1.807) is 6.92 Å². The van der Waals surface area contributed by atoms with Gasteiger partial charge in [-0.1, -0.05) is 0 Å². The van der Waals surface area contributed by atoms with Crippen molar-refractivity contribution in [2.75, 3.05) is 13.1 Å². The highest BCUT2D eigenvalue weighted by molar-refractivity contribution is 5.76. The maximum Gasteiger partial charge on any atom is 0.407 e. The molecule has 68 valence electrons. The summed E-state index contributed by atoms with van der Waals surface area (Å²) in [5.41, 5.74) is 0. The van der Waals surface area contributed by atoms with E-state index in [2.05, 4.69) is 0 Å². The fourth-order valence-electron chi connectivity index (χ4n) is 1.58. The maximum absolute atomic E-state index is 10.7.